The molecule has 25 heteroatoms. The van der Waals surface area contributed by atoms with E-state index in [1.807, 2.05) is 55.4 Å². The Morgan fingerprint density at radius 1 is 0.483 bits per heavy atom. The molecule has 0 aliphatic carbocycles. The van der Waals surface area contributed by atoms with E-state index in [9.17, 15) is 58.2 Å². The Balaban J connectivity index is 4.35. The second-order valence-electron chi connectivity index (χ2n) is 26.9. The first kappa shape index (κ1) is 80.4. The zero-order valence-electron chi connectivity index (χ0n) is 57.8. The van der Waals surface area contributed by atoms with E-state index in [0.29, 0.717) is 0 Å². The van der Waals surface area contributed by atoms with Crippen LogP contribution in [-0.4, -0.2) is 238 Å². The SMILES string of the molecule is CCC1NC(=O)C(C(O)C(C)CC=CCCC(=O)O)N(C)C(=O)C(C(C)C)N(C)C(=O)C(CC(C)C)N(C)C(=O)C(CC(C)C)N(C)C(=O)C(C)NC(=O)C(C)NC(=O)C(CC(C)C)N(C)C(=O)C(C(C)C)NC(=O)C(CC(C)C)N(C)C(=O)CN(C)C1=O. The fourth-order valence-corrected chi connectivity index (χ4v) is 11.0. The van der Waals surface area contributed by atoms with Gasteiger partial charge in [0.05, 0.1) is 12.6 Å². The lowest BCUT2D eigenvalue weighted by Crippen LogP contribution is -2.63. The highest BCUT2D eigenvalue weighted by Crippen LogP contribution is 2.26. The van der Waals surface area contributed by atoms with Crippen molar-refractivity contribution < 1.29 is 67.7 Å². The van der Waals surface area contributed by atoms with Crippen LogP contribution in [0.25, 0.3) is 0 Å². The number of carbonyl (C=O) groups is 12. The Morgan fingerprint density at radius 2 is 0.910 bits per heavy atom. The Bertz CT molecular complexity index is 2470. The molecule has 1 saturated heterocycles. The number of allylic oxidation sites excluding steroid dienone is 2. The van der Waals surface area contributed by atoms with Crippen LogP contribution in [0.4, 0.5) is 0 Å². The summed E-state index contributed by atoms with van der Waals surface area (Å²) in [4.78, 5) is 180. The predicted octanol–water partition coefficient (Wildman–Crippen LogP) is 3.11. The molecule has 25 nitrogen and oxygen atoms in total. The average Bonchev–Trinajstić information content (AvgIpc) is 0.957. The molecule has 0 saturated carbocycles. The standard InChI is InChI=1S/C64H113N11O14/c1-24-44-60(85)69(17)34-49(76)70(18)45(30-35(2)3)57(82)68-51(39(10)11)63(88)71(19)46(31-36(4)5)56(81)65-42(15)55(80)66-43(16)59(84)72(20)47(32-37(6)7)61(86)73(21)48(33-38(8)9)62(87)74(22)52(40(12)13)64(89)75(23)53(58(83)67-44)54(79)41(14)28-26-25-27-29-50(77)78/h25-26,35-48,51-54,79H,24,27-34H2,1-23H3,(H,65,81)(H,66,80)(H,67,83)(H,68,82)(H,77,78). The highest BCUT2D eigenvalue weighted by molar-refractivity contribution is 5.99. The van der Waals surface area contributed by atoms with Crippen LogP contribution < -0.4 is 21.3 Å². The Kier molecular flexibility index (Phi) is 33.3. The van der Waals surface area contributed by atoms with Crippen molar-refractivity contribution in [2.24, 2.45) is 41.4 Å². The fourth-order valence-electron chi connectivity index (χ4n) is 11.0. The van der Waals surface area contributed by atoms with Gasteiger partial charge in [-0.2, -0.15) is 0 Å². The summed E-state index contributed by atoms with van der Waals surface area (Å²) < 4.78 is 0. The number of aliphatic hydroxyl groups is 1. The molecule has 6 N–H and O–H groups in total. The summed E-state index contributed by atoms with van der Waals surface area (Å²) in [6, 6.07) is -12.7. The van der Waals surface area contributed by atoms with E-state index in [0.717, 1.165) is 9.80 Å². The van der Waals surface area contributed by atoms with E-state index in [4.69, 9.17) is 0 Å². The Hall–Kier alpha value is -6.66. The van der Waals surface area contributed by atoms with Crippen molar-refractivity contribution >= 4 is 70.9 Å². The van der Waals surface area contributed by atoms with Crippen LogP contribution >= 0.6 is 0 Å². The fraction of sp³-hybridized carbons (Fsp3) is 0.781. The molecule has 12 atom stereocenters. The molecule has 0 aromatic carbocycles. The number of nitrogens with zero attached hydrogens (tertiary/aromatic N) is 7. The number of carbonyl (C=O) groups excluding carboxylic acids is 11. The first-order valence-corrected chi connectivity index (χ1v) is 31.7. The monoisotopic (exact) mass is 1260 g/mol. The predicted molar refractivity (Wildman–Crippen MR) is 340 cm³/mol. The number of likely N-dealkylation sites (N-methyl/N-ethyl adjacent to an activating group) is 7. The van der Waals surface area contributed by atoms with Gasteiger partial charge in [-0.1, -0.05) is 109 Å². The lowest BCUT2D eigenvalue weighted by Gasteiger charge is -2.41. The summed E-state index contributed by atoms with van der Waals surface area (Å²) >= 11 is 0. The van der Waals surface area contributed by atoms with Crippen molar-refractivity contribution in [2.75, 3.05) is 55.9 Å². The second kappa shape index (κ2) is 36.9. The van der Waals surface area contributed by atoms with Gasteiger partial charge in [0, 0.05) is 55.8 Å². The number of aliphatic carboxylic acids is 1. The third-order valence-electron chi connectivity index (χ3n) is 16.5. The first-order chi connectivity index (χ1) is 41.1. The van der Waals surface area contributed by atoms with Gasteiger partial charge in [-0.25, -0.2) is 0 Å². The van der Waals surface area contributed by atoms with Crippen LogP contribution in [0.2, 0.25) is 0 Å². The number of carboxylic acid groups (broad SMARTS) is 1. The van der Waals surface area contributed by atoms with E-state index < -0.39 is 162 Å². The zero-order chi connectivity index (χ0) is 69.0. The smallest absolute Gasteiger partial charge is 0.303 e. The van der Waals surface area contributed by atoms with E-state index >= 15 is 9.59 Å². The molecule has 1 aliphatic heterocycles. The number of aliphatic hydroxyl groups excluding tert-OH is 1. The van der Waals surface area contributed by atoms with Crippen molar-refractivity contribution in [2.45, 2.75) is 229 Å². The average molecular weight is 1260 g/mol. The topological polar surface area (TPSA) is 316 Å². The van der Waals surface area contributed by atoms with Crippen molar-refractivity contribution in [3.8, 4) is 0 Å². The molecule has 508 valence electrons. The van der Waals surface area contributed by atoms with Crippen molar-refractivity contribution in [1.82, 2.24) is 55.6 Å². The molecule has 0 spiro atoms. The van der Waals surface area contributed by atoms with E-state index in [1.54, 1.807) is 53.7 Å². The molecular formula is C64H113N11O14. The highest BCUT2D eigenvalue weighted by Gasteiger charge is 2.46. The maximum absolute atomic E-state index is 15.2. The first-order valence-electron chi connectivity index (χ1n) is 31.7. The van der Waals surface area contributed by atoms with E-state index in [-0.39, 0.29) is 75.0 Å². The van der Waals surface area contributed by atoms with Gasteiger partial charge >= 0.3 is 5.97 Å². The van der Waals surface area contributed by atoms with Crippen LogP contribution in [0, 0.1) is 41.4 Å². The van der Waals surface area contributed by atoms with Gasteiger partial charge in [0.1, 0.15) is 60.4 Å². The van der Waals surface area contributed by atoms with Crippen LogP contribution in [0.15, 0.2) is 12.2 Å². The molecular weight excluding hydrogens is 1150 g/mol. The maximum atomic E-state index is 15.2. The van der Waals surface area contributed by atoms with Gasteiger partial charge < -0.3 is 65.8 Å². The lowest BCUT2D eigenvalue weighted by atomic mass is 9.91. The minimum absolute atomic E-state index is 0.0250. The quantitative estimate of drug-likeness (QED) is 0.108. The largest absolute Gasteiger partial charge is 0.481 e. The summed E-state index contributed by atoms with van der Waals surface area (Å²) in [7, 11) is 9.74. The van der Waals surface area contributed by atoms with Gasteiger partial charge in [0.25, 0.3) is 0 Å². The van der Waals surface area contributed by atoms with Gasteiger partial charge in [-0.15, -0.1) is 0 Å². The van der Waals surface area contributed by atoms with Crippen molar-refractivity contribution in [3.05, 3.63) is 12.2 Å². The molecule has 0 bridgehead atoms. The number of carboxylic acids is 1. The Morgan fingerprint density at radius 3 is 1.37 bits per heavy atom. The molecule has 89 heavy (non-hydrogen) atoms. The molecule has 1 heterocycles. The van der Waals surface area contributed by atoms with Gasteiger partial charge in [0.2, 0.25) is 65.0 Å². The highest BCUT2D eigenvalue weighted by atomic mass is 16.4. The summed E-state index contributed by atoms with van der Waals surface area (Å²) in [5.41, 5.74) is 0. The van der Waals surface area contributed by atoms with Gasteiger partial charge in [-0.3, -0.25) is 57.5 Å². The zero-order valence-corrected chi connectivity index (χ0v) is 57.8. The van der Waals surface area contributed by atoms with Crippen LogP contribution in [0.5, 0.6) is 0 Å². The molecule has 0 aromatic rings. The van der Waals surface area contributed by atoms with Crippen LogP contribution in [0.1, 0.15) is 162 Å². The summed E-state index contributed by atoms with van der Waals surface area (Å²) in [5.74, 6) is -11.4. The van der Waals surface area contributed by atoms with Gasteiger partial charge in [0.15, 0.2) is 0 Å². The molecule has 1 rings (SSSR count). The molecule has 0 aromatic heterocycles. The van der Waals surface area contributed by atoms with Crippen LogP contribution in [0.3, 0.4) is 0 Å². The number of nitrogens with one attached hydrogen (secondary N) is 4. The van der Waals surface area contributed by atoms with Gasteiger partial charge in [-0.05, 0) is 100 Å². The normalized spacial score (nSPS) is 26.2. The molecule has 1 fully saturated rings. The van der Waals surface area contributed by atoms with Crippen molar-refractivity contribution in [3.63, 3.8) is 0 Å². The minimum atomic E-state index is -1.71. The lowest BCUT2D eigenvalue weighted by molar-refractivity contribution is -0.157. The number of amides is 11. The molecule has 12 unspecified atom stereocenters. The van der Waals surface area contributed by atoms with Crippen LogP contribution in [-0.2, 0) is 57.5 Å². The van der Waals surface area contributed by atoms with Crippen molar-refractivity contribution in [1.29, 1.82) is 0 Å². The molecule has 1 aliphatic rings. The summed E-state index contributed by atoms with van der Waals surface area (Å²) in [5, 5.41) is 32.3. The Labute approximate surface area is 530 Å². The van der Waals surface area contributed by atoms with E-state index in [1.165, 1.54) is 87.7 Å². The third-order valence-corrected chi connectivity index (χ3v) is 16.5. The molecule has 0 radical (unpaired) electrons. The number of hydrogen-bond donors (Lipinski definition) is 6. The van der Waals surface area contributed by atoms with E-state index in [2.05, 4.69) is 21.3 Å². The second-order valence-corrected chi connectivity index (χ2v) is 26.9. The number of hydrogen-bond acceptors (Lipinski definition) is 13. The number of rotatable bonds is 18. The third kappa shape index (κ3) is 23.6. The summed E-state index contributed by atoms with van der Waals surface area (Å²) in [6.45, 7) is 27.1. The maximum Gasteiger partial charge on any atom is 0.303 e. The summed E-state index contributed by atoms with van der Waals surface area (Å²) in [6.07, 6.45) is 2.34. The molecule has 11 amide bonds. The minimum Gasteiger partial charge on any atom is -0.481 e.